The summed E-state index contributed by atoms with van der Waals surface area (Å²) in [5.41, 5.74) is 3.23. The van der Waals surface area contributed by atoms with Crippen LogP contribution in [0.2, 0.25) is 5.02 Å². The van der Waals surface area contributed by atoms with E-state index >= 15 is 0 Å². The number of hydrogen-bond donors (Lipinski definition) is 1. The first-order valence-electron chi connectivity index (χ1n) is 14.2. The molecule has 1 fully saturated rings. The predicted octanol–water partition coefficient (Wildman–Crippen LogP) is 5.21. The molecule has 9 heteroatoms. The molecule has 7 nitrogen and oxygen atoms in total. The van der Waals surface area contributed by atoms with Crippen molar-refractivity contribution in [1.82, 2.24) is 4.72 Å². The second kappa shape index (κ2) is 10.5. The average Bonchev–Trinajstić information content (AvgIpc) is 3.05. The summed E-state index contributed by atoms with van der Waals surface area (Å²) in [4.78, 5) is 28.6. The molecule has 4 aliphatic rings. The van der Waals surface area contributed by atoms with Crippen molar-refractivity contribution in [2.75, 3.05) is 24.6 Å². The number of rotatable bonds is 0. The van der Waals surface area contributed by atoms with Crippen LogP contribution in [0.15, 0.2) is 48.6 Å². The van der Waals surface area contributed by atoms with Crippen molar-refractivity contribution in [2.24, 2.45) is 11.8 Å². The molecule has 0 radical (unpaired) electrons. The molecule has 2 aromatic rings. The first-order chi connectivity index (χ1) is 19.1. The standard InChI is InChI=1S/C31H35ClN2O5S/c1-20-5-2-3-7-28(35)25-11-8-23(25)17-34-18-31(14-4-6-21-15-24(32)10-12-26(21)31)19-39-29-13-9-22(16-27(29)34)30(36)33-40(20,37)38/h3,7,9-10,12-13,15-16,20,23,25H,2,4-6,8,11,14,17-19H2,1H3,(H,33,36)/b7-3+/t20?,23-,25+,31-/m0/s1. The van der Waals surface area contributed by atoms with Gasteiger partial charge < -0.3 is 9.64 Å². The summed E-state index contributed by atoms with van der Waals surface area (Å²) < 4.78 is 34.5. The lowest BCUT2D eigenvalue weighted by atomic mass is 9.68. The quantitative estimate of drug-likeness (QED) is 0.459. The van der Waals surface area contributed by atoms with Gasteiger partial charge in [0.15, 0.2) is 5.78 Å². The molecule has 1 amide bonds. The van der Waals surface area contributed by atoms with E-state index < -0.39 is 21.2 Å². The molecule has 212 valence electrons. The molecule has 2 aromatic carbocycles. The topological polar surface area (TPSA) is 92.8 Å². The maximum Gasteiger partial charge on any atom is 0.264 e. The maximum absolute atomic E-state index is 13.2. The fraction of sp³-hybridized carbons (Fsp3) is 0.484. The highest BCUT2D eigenvalue weighted by Crippen LogP contribution is 2.46. The van der Waals surface area contributed by atoms with Crippen LogP contribution < -0.4 is 14.4 Å². The van der Waals surface area contributed by atoms with Crippen LogP contribution in [-0.4, -0.2) is 45.1 Å². The molecule has 40 heavy (non-hydrogen) atoms. The van der Waals surface area contributed by atoms with Crippen molar-refractivity contribution in [3.8, 4) is 5.75 Å². The lowest BCUT2D eigenvalue weighted by Crippen LogP contribution is -2.49. The van der Waals surface area contributed by atoms with Gasteiger partial charge in [-0.15, -0.1) is 0 Å². The third kappa shape index (κ3) is 5.05. The van der Waals surface area contributed by atoms with Crippen LogP contribution in [0, 0.1) is 11.8 Å². The molecule has 1 spiro atoms. The molecule has 2 heterocycles. The predicted molar refractivity (Wildman–Crippen MR) is 156 cm³/mol. The number of carbonyl (C=O) groups is 2. The molecule has 4 atom stereocenters. The van der Waals surface area contributed by atoms with E-state index in [1.165, 1.54) is 11.1 Å². The SMILES string of the molecule is CC1CC/C=C/C(=O)[C@@H]2CC[C@H]2CN2C[C@@]3(CCCc4cc(Cl)ccc43)COc3ccc(cc32)C(=O)NS1(=O)=O. The van der Waals surface area contributed by atoms with Gasteiger partial charge in [-0.1, -0.05) is 23.7 Å². The summed E-state index contributed by atoms with van der Waals surface area (Å²) in [5, 5.41) is -0.0524. The number of ether oxygens (including phenoxy) is 1. The van der Waals surface area contributed by atoms with Crippen LogP contribution in [0.3, 0.4) is 0 Å². The largest absolute Gasteiger partial charge is 0.490 e. The van der Waals surface area contributed by atoms with Gasteiger partial charge >= 0.3 is 0 Å². The lowest BCUT2D eigenvalue weighted by molar-refractivity contribution is -0.122. The minimum Gasteiger partial charge on any atom is -0.490 e. The number of nitrogens with zero attached hydrogens (tertiary/aromatic N) is 1. The highest BCUT2D eigenvalue weighted by atomic mass is 35.5. The highest BCUT2D eigenvalue weighted by molar-refractivity contribution is 7.90. The van der Waals surface area contributed by atoms with Crippen molar-refractivity contribution in [2.45, 2.75) is 62.5 Å². The van der Waals surface area contributed by atoms with E-state index in [0.717, 1.165) is 42.8 Å². The minimum atomic E-state index is -3.88. The summed E-state index contributed by atoms with van der Waals surface area (Å²) in [7, 11) is -3.88. The zero-order chi connectivity index (χ0) is 28.1. The molecule has 1 N–H and O–H groups in total. The van der Waals surface area contributed by atoms with E-state index in [1.807, 2.05) is 6.07 Å². The number of halogens is 1. The Morgan fingerprint density at radius 2 is 1.95 bits per heavy atom. The third-order valence-electron chi connectivity index (χ3n) is 9.32. The van der Waals surface area contributed by atoms with Gasteiger partial charge in [0.2, 0.25) is 10.0 Å². The Balaban J connectivity index is 1.43. The van der Waals surface area contributed by atoms with E-state index in [2.05, 4.69) is 21.8 Å². The van der Waals surface area contributed by atoms with Gasteiger partial charge in [-0.2, -0.15) is 0 Å². The number of allylic oxidation sites excluding steroid dienone is 2. The third-order valence-corrected chi connectivity index (χ3v) is 11.3. The van der Waals surface area contributed by atoms with Crippen LogP contribution >= 0.6 is 11.6 Å². The number of carbonyl (C=O) groups excluding carboxylic acids is 2. The first kappa shape index (κ1) is 27.3. The summed E-state index contributed by atoms with van der Waals surface area (Å²) in [6.45, 7) is 3.39. The van der Waals surface area contributed by atoms with Gasteiger partial charge in [-0.05, 0) is 105 Å². The molecule has 2 aliphatic carbocycles. The van der Waals surface area contributed by atoms with Gasteiger partial charge in [0, 0.05) is 35.0 Å². The molecular formula is C31H35ClN2O5S. The first-order valence-corrected chi connectivity index (χ1v) is 16.1. The molecule has 1 saturated carbocycles. The summed E-state index contributed by atoms with van der Waals surface area (Å²) in [5.74, 6) is 0.259. The van der Waals surface area contributed by atoms with E-state index in [-0.39, 0.29) is 28.6 Å². The number of benzene rings is 2. The van der Waals surface area contributed by atoms with Crippen LogP contribution in [0.1, 0.15) is 66.9 Å². The van der Waals surface area contributed by atoms with Gasteiger partial charge in [-0.25, -0.2) is 13.1 Å². The Morgan fingerprint density at radius 3 is 2.75 bits per heavy atom. The normalized spacial score (nSPS) is 30.6. The second-order valence-corrected chi connectivity index (χ2v) is 14.4. The average molecular weight is 583 g/mol. The van der Waals surface area contributed by atoms with Crippen molar-refractivity contribution >= 4 is 39.0 Å². The number of fused-ring (bicyclic) bond motifs is 4. The Bertz CT molecular complexity index is 1490. The molecular weight excluding hydrogens is 548 g/mol. The zero-order valence-electron chi connectivity index (χ0n) is 22.7. The van der Waals surface area contributed by atoms with Crippen LogP contribution in [0.4, 0.5) is 5.69 Å². The van der Waals surface area contributed by atoms with Crippen molar-refractivity contribution in [1.29, 1.82) is 0 Å². The fourth-order valence-electron chi connectivity index (χ4n) is 6.80. The van der Waals surface area contributed by atoms with Crippen molar-refractivity contribution in [3.05, 3.63) is 70.3 Å². The molecule has 0 aromatic heterocycles. The van der Waals surface area contributed by atoms with Crippen molar-refractivity contribution < 1.29 is 22.7 Å². The highest BCUT2D eigenvalue weighted by Gasteiger charge is 2.44. The van der Waals surface area contributed by atoms with Gasteiger partial charge in [-0.3, -0.25) is 9.59 Å². The van der Waals surface area contributed by atoms with Gasteiger partial charge in [0.05, 0.1) is 17.5 Å². The van der Waals surface area contributed by atoms with E-state index in [0.29, 0.717) is 38.3 Å². The van der Waals surface area contributed by atoms with E-state index in [9.17, 15) is 18.0 Å². The summed E-state index contributed by atoms with van der Waals surface area (Å²) >= 11 is 6.36. The fourth-order valence-corrected chi connectivity index (χ4v) is 8.02. The second-order valence-electron chi connectivity index (χ2n) is 11.9. The van der Waals surface area contributed by atoms with Gasteiger partial charge in [0.25, 0.3) is 5.91 Å². The minimum absolute atomic E-state index is 0.0576. The molecule has 2 aliphatic heterocycles. The van der Waals surface area contributed by atoms with Gasteiger partial charge in [0.1, 0.15) is 5.75 Å². The van der Waals surface area contributed by atoms with Crippen LogP contribution in [0.25, 0.3) is 0 Å². The number of anilines is 1. The van der Waals surface area contributed by atoms with Crippen LogP contribution in [0.5, 0.6) is 5.75 Å². The number of sulfonamides is 1. The number of hydrogen-bond acceptors (Lipinski definition) is 6. The number of amides is 1. The smallest absolute Gasteiger partial charge is 0.264 e. The maximum atomic E-state index is 13.2. The molecule has 0 saturated heterocycles. The number of aryl methyl sites for hydroxylation is 1. The molecule has 1 unspecified atom stereocenters. The summed E-state index contributed by atoms with van der Waals surface area (Å²) in [6.07, 6.45) is 8.92. The van der Waals surface area contributed by atoms with Crippen molar-refractivity contribution in [3.63, 3.8) is 0 Å². The number of nitrogens with one attached hydrogen (secondary N) is 1. The number of ketones is 1. The molecule has 6 rings (SSSR count). The van der Waals surface area contributed by atoms with E-state index in [4.69, 9.17) is 16.3 Å². The zero-order valence-corrected chi connectivity index (χ0v) is 24.3. The monoisotopic (exact) mass is 582 g/mol. The Labute approximate surface area is 241 Å². The lowest BCUT2D eigenvalue weighted by Gasteiger charge is -2.44. The summed E-state index contributed by atoms with van der Waals surface area (Å²) in [6, 6.07) is 11.3. The Kier molecular flexibility index (Phi) is 7.20. The molecule has 2 bridgehead atoms. The van der Waals surface area contributed by atoms with Crippen LogP contribution in [-0.2, 0) is 26.7 Å². The Morgan fingerprint density at radius 1 is 1.10 bits per heavy atom. The van der Waals surface area contributed by atoms with E-state index in [1.54, 1.807) is 37.3 Å². The Hall–Kier alpha value is -2.84.